The molecule has 1 saturated carbocycles. The third kappa shape index (κ3) is 9.66. The summed E-state index contributed by atoms with van der Waals surface area (Å²) in [6, 6.07) is 20.2. The number of aliphatic imine (C=N–C) groups is 2. The van der Waals surface area contributed by atoms with E-state index >= 15 is 4.39 Å². The predicted molar refractivity (Wildman–Crippen MR) is 278 cm³/mol. The van der Waals surface area contributed by atoms with Gasteiger partial charge in [0, 0.05) is 63.6 Å². The van der Waals surface area contributed by atoms with Gasteiger partial charge < -0.3 is 45.2 Å². The first-order chi connectivity index (χ1) is 35.0. The minimum atomic E-state index is -0.997. The average Bonchev–Trinajstić information content (AvgIpc) is 3.40. The minimum Gasteiger partial charge on any atom is -0.495 e. The van der Waals surface area contributed by atoms with Crippen molar-refractivity contribution in [2.45, 2.75) is 81.8 Å². The number of nitrogens with zero attached hydrogens (tertiary/aromatic N) is 6. The number of ether oxygens (including phenoxy) is 6. The number of fused-ring (bicyclic) bond motifs is 9. The Bertz CT molecular complexity index is 3060. The predicted octanol–water partition coefficient (Wildman–Crippen LogP) is 10.4. The van der Waals surface area contributed by atoms with E-state index in [1.807, 2.05) is 60.7 Å². The molecule has 6 aromatic rings. The number of nitrogens with two attached hydrogens (primary N) is 2. The highest BCUT2D eigenvalue weighted by Gasteiger charge is 2.47. The van der Waals surface area contributed by atoms with Gasteiger partial charge in [-0.05, 0) is 98.0 Å². The van der Waals surface area contributed by atoms with Gasteiger partial charge in [0.2, 0.25) is 0 Å². The summed E-state index contributed by atoms with van der Waals surface area (Å²) in [5.74, 6) is 2.89. The number of hydrogen-bond acceptors (Lipinski definition) is 15. The van der Waals surface area contributed by atoms with Crippen LogP contribution in [-0.4, -0.2) is 78.6 Å². The van der Waals surface area contributed by atoms with E-state index in [0.29, 0.717) is 85.8 Å². The number of benzene rings is 2. The van der Waals surface area contributed by atoms with Crippen LogP contribution in [0.1, 0.15) is 97.5 Å². The quantitative estimate of drug-likeness (QED) is 0.133. The molecule has 5 N–H and O–H groups in total. The number of rotatable bonds is 6. The molecule has 1 aliphatic carbocycles. The van der Waals surface area contributed by atoms with Gasteiger partial charge in [-0.1, -0.05) is 65.9 Å². The van der Waals surface area contributed by atoms with Gasteiger partial charge in [-0.3, -0.25) is 9.97 Å². The highest BCUT2D eigenvalue weighted by molar-refractivity contribution is 9.10. The van der Waals surface area contributed by atoms with Gasteiger partial charge in [-0.15, -0.1) is 0 Å². The molecule has 1 unspecified atom stereocenters. The molecule has 0 bridgehead atoms. The van der Waals surface area contributed by atoms with E-state index in [1.54, 1.807) is 31.8 Å². The smallest absolute Gasteiger partial charge is 0.283 e. The van der Waals surface area contributed by atoms with Crippen LogP contribution < -0.4 is 31.0 Å². The summed E-state index contributed by atoms with van der Waals surface area (Å²) in [5, 5.41) is 4.73. The van der Waals surface area contributed by atoms with Crippen LogP contribution in [0.4, 0.5) is 4.39 Å². The number of amidine groups is 2. The zero-order valence-electron chi connectivity index (χ0n) is 40.4. The first kappa shape index (κ1) is 49.2. The Hall–Kier alpha value is -6.40. The minimum absolute atomic E-state index is 0.0494. The maximum Gasteiger partial charge on any atom is 0.283 e. The van der Waals surface area contributed by atoms with E-state index in [4.69, 9.17) is 56.5 Å². The number of methoxy groups -OCH3 is 1. The van der Waals surface area contributed by atoms with Crippen molar-refractivity contribution in [3.8, 4) is 28.7 Å². The van der Waals surface area contributed by atoms with Crippen molar-refractivity contribution in [1.29, 1.82) is 0 Å². The van der Waals surface area contributed by atoms with E-state index in [9.17, 15) is 0 Å². The fraction of sp³-hybridized carbons (Fsp3) is 0.370. The molecule has 0 radical (unpaired) electrons. The Morgan fingerprint density at radius 1 is 0.833 bits per heavy atom. The maximum absolute atomic E-state index is 15.6. The van der Waals surface area contributed by atoms with Gasteiger partial charge in [-0.2, -0.15) is 4.39 Å². The molecule has 6 aliphatic rings. The Balaban J connectivity index is 0.000000155. The molecule has 5 aliphatic heterocycles. The van der Waals surface area contributed by atoms with Crippen LogP contribution in [0.5, 0.6) is 28.7 Å². The number of halogens is 3. The molecule has 2 aromatic carbocycles. The maximum atomic E-state index is 15.6. The van der Waals surface area contributed by atoms with E-state index in [1.165, 1.54) is 32.1 Å². The van der Waals surface area contributed by atoms with Crippen molar-refractivity contribution < 1.29 is 32.8 Å². The molecule has 4 aromatic heterocycles. The Morgan fingerprint density at radius 2 is 1.57 bits per heavy atom. The molecule has 374 valence electrons. The number of aromatic nitrogens is 4. The second kappa shape index (κ2) is 21.0. The van der Waals surface area contributed by atoms with Crippen molar-refractivity contribution >= 4 is 56.1 Å². The molecule has 12 rings (SSSR count). The summed E-state index contributed by atoms with van der Waals surface area (Å²) in [5.41, 5.74) is 17.6. The number of nitrogens with one attached hydrogen (secondary N) is 1. The van der Waals surface area contributed by atoms with Crippen molar-refractivity contribution in [3.63, 3.8) is 0 Å². The lowest BCUT2D eigenvalue weighted by atomic mass is 9.77. The SMILES string of the molecule is CCC1CCCC[C@@H]1NC.COc1cnc2c(Cc3ccc4c(c3)[C@@]3(CCOC(N)=N3)c3cc(C5=CCOCC5)nc(F)c3O4)nccc2c1.NC1=N[C@@]2(CCO1)c1cc(Br)ccc1Oc1cnc(Cl)cc12. The second-order valence-corrected chi connectivity index (χ2v) is 19.8. The standard InChI is InChI=1S/C30H26FN5O4.C15H11BrClN3O2.C9H19N/c1-37-20-14-19-4-8-33-24(26(19)34-16-20)13-17-2-3-25-21(12-17)30(7-11-39-29(32)36-30)22-15-23(18-5-9-38-10-6-18)35-28(31)27(22)40-25;16-8-1-2-11-9(5-8)15(3-4-21-14(18)20-15)10-6-13(17)19-7-12(10)22-11;1-3-8-6-4-5-7-9(8)10-2/h2-5,8,12,14-16H,6-7,9-11,13H2,1H3,(H2,32,36);1-2,5-7H,3-4H2,(H2,18,20);8-10H,3-7H2,1-2H3/t30-;15-;8?,9-/m000/s1. The monoisotopic (exact) mass is 1060 g/mol. The van der Waals surface area contributed by atoms with Gasteiger partial charge in [0.05, 0.1) is 62.8 Å². The summed E-state index contributed by atoms with van der Waals surface area (Å²) in [6.45, 7) is 4.13. The van der Waals surface area contributed by atoms with Gasteiger partial charge in [0.15, 0.2) is 11.5 Å². The Kier molecular flexibility index (Phi) is 14.3. The molecule has 72 heavy (non-hydrogen) atoms. The molecule has 18 heteroatoms. The van der Waals surface area contributed by atoms with E-state index < -0.39 is 17.0 Å². The van der Waals surface area contributed by atoms with Crippen LogP contribution in [-0.2, 0) is 31.7 Å². The van der Waals surface area contributed by atoms with Crippen molar-refractivity contribution in [1.82, 2.24) is 25.3 Å². The normalized spacial score (nSPS) is 22.4. The summed E-state index contributed by atoms with van der Waals surface area (Å²) in [4.78, 5) is 27.0. The van der Waals surface area contributed by atoms with Crippen molar-refractivity contribution in [3.05, 3.63) is 140 Å². The topological polar surface area (TPSA) is 196 Å². The first-order valence-electron chi connectivity index (χ1n) is 24.3. The number of pyridine rings is 4. The van der Waals surface area contributed by atoms with E-state index in [-0.39, 0.29) is 17.8 Å². The highest BCUT2D eigenvalue weighted by Crippen LogP contribution is 2.54. The zero-order valence-corrected chi connectivity index (χ0v) is 42.7. The van der Waals surface area contributed by atoms with Crippen LogP contribution in [0.15, 0.2) is 99.8 Å². The van der Waals surface area contributed by atoms with Gasteiger partial charge in [0.1, 0.15) is 33.5 Å². The van der Waals surface area contributed by atoms with Crippen LogP contribution in [0, 0.1) is 11.9 Å². The third-order valence-electron chi connectivity index (χ3n) is 14.3. The fourth-order valence-corrected chi connectivity index (χ4v) is 11.3. The molecule has 1 fully saturated rings. The summed E-state index contributed by atoms with van der Waals surface area (Å²) in [7, 11) is 3.71. The lowest BCUT2D eigenvalue weighted by molar-refractivity contribution is 0.161. The Labute approximate surface area is 430 Å². The number of hydrogen-bond donors (Lipinski definition) is 3. The van der Waals surface area contributed by atoms with Crippen LogP contribution in [0.2, 0.25) is 5.15 Å². The van der Waals surface area contributed by atoms with Crippen molar-refractivity contribution in [2.75, 3.05) is 40.6 Å². The van der Waals surface area contributed by atoms with Crippen molar-refractivity contribution in [2.24, 2.45) is 27.4 Å². The van der Waals surface area contributed by atoms with Crippen LogP contribution >= 0.6 is 27.5 Å². The molecular formula is C54H56BrClFN9O6. The van der Waals surface area contributed by atoms with Crippen LogP contribution in [0.25, 0.3) is 16.5 Å². The second-order valence-electron chi connectivity index (χ2n) is 18.5. The molecule has 9 heterocycles. The van der Waals surface area contributed by atoms with Crippen LogP contribution in [0.3, 0.4) is 0 Å². The molecule has 15 nitrogen and oxygen atoms in total. The summed E-state index contributed by atoms with van der Waals surface area (Å²) >= 11 is 9.59. The first-order valence-corrected chi connectivity index (χ1v) is 25.5. The summed E-state index contributed by atoms with van der Waals surface area (Å²) < 4.78 is 50.2. The highest BCUT2D eigenvalue weighted by atomic mass is 79.9. The molecule has 4 atom stereocenters. The van der Waals surface area contributed by atoms with Gasteiger partial charge in [0.25, 0.3) is 18.0 Å². The van der Waals surface area contributed by atoms with Gasteiger partial charge in [-0.25, -0.2) is 20.0 Å². The molecule has 0 saturated heterocycles. The average molecular weight is 1060 g/mol. The van der Waals surface area contributed by atoms with E-state index in [0.717, 1.165) is 66.6 Å². The third-order valence-corrected chi connectivity index (χ3v) is 15.0. The molecule has 0 amide bonds. The zero-order chi connectivity index (χ0) is 50.0. The molecule has 2 spiro atoms. The molecular weight excluding hydrogens is 1010 g/mol. The lowest BCUT2D eigenvalue weighted by Gasteiger charge is -2.39. The largest absolute Gasteiger partial charge is 0.495 e. The fourth-order valence-electron chi connectivity index (χ4n) is 10.7. The van der Waals surface area contributed by atoms with E-state index in [2.05, 4.69) is 60.1 Å². The summed E-state index contributed by atoms with van der Waals surface area (Å²) in [6.07, 6.45) is 16.4. The Morgan fingerprint density at radius 3 is 2.29 bits per heavy atom. The lowest BCUT2D eigenvalue weighted by Crippen LogP contribution is -2.39. The van der Waals surface area contributed by atoms with Gasteiger partial charge >= 0.3 is 0 Å².